The van der Waals surface area contributed by atoms with E-state index >= 15 is 0 Å². The lowest BCUT2D eigenvalue weighted by molar-refractivity contribution is 0.923. The SMILES string of the molecule is CCCc1ccccc1Nc1ccc(N)cc1I. The van der Waals surface area contributed by atoms with Gasteiger partial charge < -0.3 is 11.1 Å². The van der Waals surface area contributed by atoms with Crippen LogP contribution in [0.15, 0.2) is 42.5 Å². The Kier molecular flexibility index (Phi) is 4.47. The quantitative estimate of drug-likeness (QED) is 0.625. The van der Waals surface area contributed by atoms with Crippen molar-refractivity contribution >= 4 is 39.7 Å². The highest BCUT2D eigenvalue weighted by atomic mass is 127. The lowest BCUT2D eigenvalue weighted by Gasteiger charge is -2.13. The maximum Gasteiger partial charge on any atom is 0.0521 e. The summed E-state index contributed by atoms with van der Waals surface area (Å²) in [5.74, 6) is 0. The Balaban J connectivity index is 2.28. The number of nitrogens with two attached hydrogens (primary N) is 1. The third-order valence-corrected chi connectivity index (χ3v) is 3.69. The molecule has 0 aliphatic carbocycles. The summed E-state index contributed by atoms with van der Waals surface area (Å²) in [6.45, 7) is 2.20. The zero-order chi connectivity index (χ0) is 13.0. The van der Waals surface area contributed by atoms with Crippen LogP contribution in [0.1, 0.15) is 18.9 Å². The van der Waals surface area contributed by atoms with Crippen molar-refractivity contribution in [2.75, 3.05) is 11.1 Å². The molecular formula is C15H17IN2. The Hall–Kier alpha value is -1.23. The smallest absolute Gasteiger partial charge is 0.0521 e. The fourth-order valence-electron chi connectivity index (χ4n) is 1.91. The van der Waals surface area contributed by atoms with E-state index in [4.69, 9.17) is 5.73 Å². The van der Waals surface area contributed by atoms with Crippen molar-refractivity contribution in [1.82, 2.24) is 0 Å². The molecule has 0 radical (unpaired) electrons. The van der Waals surface area contributed by atoms with Crippen molar-refractivity contribution in [2.24, 2.45) is 0 Å². The highest BCUT2D eigenvalue weighted by Gasteiger charge is 2.04. The van der Waals surface area contributed by atoms with Crippen LogP contribution in [-0.4, -0.2) is 0 Å². The van der Waals surface area contributed by atoms with Crippen molar-refractivity contribution in [2.45, 2.75) is 19.8 Å². The van der Waals surface area contributed by atoms with Crippen LogP contribution in [-0.2, 0) is 6.42 Å². The number of halogens is 1. The maximum atomic E-state index is 5.77. The van der Waals surface area contributed by atoms with Crippen molar-refractivity contribution in [1.29, 1.82) is 0 Å². The van der Waals surface area contributed by atoms with E-state index < -0.39 is 0 Å². The van der Waals surface area contributed by atoms with E-state index in [1.807, 2.05) is 18.2 Å². The van der Waals surface area contributed by atoms with Crippen molar-refractivity contribution in [3.8, 4) is 0 Å². The van der Waals surface area contributed by atoms with Gasteiger partial charge in [0.25, 0.3) is 0 Å². The average Bonchev–Trinajstić information content (AvgIpc) is 2.35. The number of rotatable bonds is 4. The molecule has 0 unspecified atom stereocenters. The van der Waals surface area contributed by atoms with Gasteiger partial charge in [-0.15, -0.1) is 0 Å². The molecule has 0 spiro atoms. The van der Waals surface area contributed by atoms with E-state index in [2.05, 4.69) is 59.1 Å². The molecule has 0 atom stereocenters. The Morgan fingerprint density at radius 1 is 1.11 bits per heavy atom. The Morgan fingerprint density at radius 2 is 1.89 bits per heavy atom. The summed E-state index contributed by atoms with van der Waals surface area (Å²) >= 11 is 2.30. The number of para-hydroxylation sites is 1. The molecule has 0 aromatic heterocycles. The first-order chi connectivity index (χ1) is 8.70. The minimum absolute atomic E-state index is 0.798. The number of anilines is 3. The average molecular weight is 352 g/mol. The zero-order valence-electron chi connectivity index (χ0n) is 10.4. The van der Waals surface area contributed by atoms with Gasteiger partial charge in [0.05, 0.1) is 5.69 Å². The second-order valence-electron chi connectivity index (χ2n) is 4.27. The van der Waals surface area contributed by atoms with Gasteiger partial charge in [-0.05, 0) is 58.8 Å². The van der Waals surface area contributed by atoms with E-state index in [9.17, 15) is 0 Å². The van der Waals surface area contributed by atoms with Gasteiger partial charge in [-0.2, -0.15) is 0 Å². The van der Waals surface area contributed by atoms with E-state index in [1.165, 1.54) is 11.3 Å². The molecule has 0 fully saturated rings. The molecule has 3 N–H and O–H groups in total. The molecule has 2 rings (SSSR count). The molecule has 94 valence electrons. The Bertz CT molecular complexity index is 538. The maximum absolute atomic E-state index is 5.77. The first-order valence-electron chi connectivity index (χ1n) is 6.10. The number of hydrogen-bond acceptors (Lipinski definition) is 2. The number of aryl methyl sites for hydroxylation is 1. The topological polar surface area (TPSA) is 38.0 Å². The molecule has 18 heavy (non-hydrogen) atoms. The van der Waals surface area contributed by atoms with E-state index in [1.54, 1.807) is 0 Å². The predicted octanol–water partition coefficient (Wildman–Crippen LogP) is 4.57. The third kappa shape index (κ3) is 3.16. The number of benzene rings is 2. The van der Waals surface area contributed by atoms with Gasteiger partial charge >= 0.3 is 0 Å². The van der Waals surface area contributed by atoms with Gasteiger partial charge in [-0.3, -0.25) is 0 Å². The van der Waals surface area contributed by atoms with E-state index in [0.717, 1.165) is 27.8 Å². The van der Waals surface area contributed by atoms with Gasteiger partial charge in [-0.25, -0.2) is 0 Å². The molecule has 3 heteroatoms. The lowest BCUT2D eigenvalue weighted by atomic mass is 10.1. The van der Waals surface area contributed by atoms with Gasteiger partial charge in [0.15, 0.2) is 0 Å². The zero-order valence-corrected chi connectivity index (χ0v) is 12.6. The normalized spacial score (nSPS) is 10.3. The van der Waals surface area contributed by atoms with E-state index in [0.29, 0.717) is 0 Å². The van der Waals surface area contributed by atoms with Crippen molar-refractivity contribution in [3.05, 3.63) is 51.6 Å². The predicted molar refractivity (Wildman–Crippen MR) is 87.3 cm³/mol. The minimum Gasteiger partial charge on any atom is -0.399 e. The summed E-state index contributed by atoms with van der Waals surface area (Å²) in [4.78, 5) is 0. The van der Waals surface area contributed by atoms with Gasteiger partial charge in [0.2, 0.25) is 0 Å². The standard InChI is InChI=1S/C15H17IN2/c1-2-5-11-6-3-4-7-14(11)18-15-9-8-12(17)10-13(15)16/h3-4,6-10,18H,2,5,17H2,1H3. The van der Waals surface area contributed by atoms with E-state index in [-0.39, 0.29) is 0 Å². The first kappa shape index (κ1) is 13.2. The molecule has 0 amide bonds. The number of nitrogens with one attached hydrogen (secondary N) is 1. The summed E-state index contributed by atoms with van der Waals surface area (Å²) in [5, 5.41) is 3.49. The van der Waals surface area contributed by atoms with Crippen molar-refractivity contribution in [3.63, 3.8) is 0 Å². The van der Waals surface area contributed by atoms with Crippen LogP contribution in [0.4, 0.5) is 17.1 Å². The van der Waals surface area contributed by atoms with Gasteiger partial charge in [-0.1, -0.05) is 31.5 Å². The molecule has 0 bridgehead atoms. The minimum atomic E-state index is 0.798. The fraction of sp³-hybridized carbons (Fsp3) is 0.200. The highest BCUT2D eigenvalue weighted by molar-refractivity contribution is 14.1. The number of hydrogen-bond donors (Lipinski definition) is 2. The lowest BCUT2D eigenvalue weighted by Crippen LogP contribution is -1.98. The van der Waals surface area contributed by atoms with Crippen LogP contribution in [0.25, 0.3) is 0 Å². The molecular weight excluding hydrogens is 335 g/mol. The van der Waals surface area contributed by atoms with Crippen LogP contribution in [0.3, 0.4) is 0 Å². The molecule has 2 nitrogen and oxygen atoms in total. The summed E-state index contributed by atoms with van der Waals surface area (Å²) in [7, 11) is 0. The fourth-order valence-corrected chi connectivity index (χ4v) is 2.58. The molecule has 2 aromatic rings. The Morgan fingerprint density at radius 3 is 2.61 bits per heavy atom. The van der Waals surface area contributed by atoms with Crippen LogP contribution in [0.2, 0.25) is 0 Å². The second-order valence-corrected chi connectivity index (χ2v) is 5.43. The molecule has 0 aliphatic rings. The Labute approximate surface area is 122 Å². The van der Waals surface area contributed by atoms with Crippen molar-refractivity contribution < 1.29 is 0 Å². The van der Waals surface area contributed by atoms with Crippen LogP contribution in [0.5, 0.6) is 0 Å². The van der Waals surface area contributed by atoms with Crippen LogP contribution >= 0.6 is 22.6 Å². The molecule has 0 aliphatic heterocycles. The first-order valence-corrected chi connectivity index (χ1v) is 7.18. The third-order valence-electron chi connectivity index (χ3n) is 2.80. The molecule has 0 saturated carbocycles. The summed E-state index contributed by atoms with van der Waals surface area (Å²) < 4.78 is 1.14. The summed E-state index contributed by atoms with van der Waals surface area (Å²) in [5.41, 5.74) is 10.2. The summed E-state index contributed by atoms with van der Waals surface area (Å²) in [6, 6.07) is 14.4. The number of nitrogen functional groups attached to an aromatic ring is 1. The molecule has 2 aromatic carbocycles. The molecule has 0 heterocycles. The largest absolute Gasteiger partial charge is 0.399 e. The van der Waals surface area contributed by atoms with Gasteiger partial charge in [0, 0.05) is 14.9 Å². The second kappa shape index (κ2) is 6.09. The van der Waals surface area contributed by atoms with Crippen LogP contribution < -0.4 is 11.1 Å². The highest BCUT2D eigenvalue weighted by Crippen LogP contribution is 2.27. The van der Waals surface area contributed by atoms with Crippen LogP contribution in [0, 0.1) is 3.57 Å². The molecule has 0 saturated heterocycles. The summed E-state index contributed by atoms with van der Waals surface area (Å²) in [6.07, 6.45) is 2.24. The monoisotopic (exact) mass is 352 g/mol. The van der Waals surface area contributed by atoms with Gasteiger partial charge in [0.1, 0.15) is 0 Å².